The molecule has 0 unspecified atom stereocenters. The van der Waals surface area contributed by atoms with Crippen molar-refractivity contribution >= 4 is 18.2 Å². The standard InChI is InChI=1S/C8H6O3.CH2O2/c9-7(8(10)11)6-4-2-1-3-5-6;2-1-3/h1-5H,(H,10,11);1H,(H,2,3). The lowest BCUT2D eigenvalue weighted by Gasteiger charge is -1.91. The maximum Gasteiger partial charge on any atom is 0.377 e. The Morgan fingerprint density at radius 2 is 1.57 bits per heavy atom. The van der Waals surface area contributed by atoms with Crippen molar-refractivity contribution in [2.45, 2.75) is 0 Å². The Bertz CT molecular complexity index is 317. The van der Waals surface area contributed by atoms with E-state index in [0.29, 0.717) is 0 Å². The van der Waals surface area contributed by atoms with Crippen molar-refractivity contribution in [1.82, 2.24) is 0 Å². The summed E-state index contributed by atoms with van der Waals surface area (Å²) in [5.74, 6) is -2.29. The van der Waals surface area contributed by atoms with Gasteiger partial charge in [0.25, 0.3) is 12.3 Å². The average molecular weight is 196 g/mol. The Balaban J connectivity index is 0.000000500. The third-order valence-corrected chi connectivity index (χ3v) is 1.23. The zero-order chi connectivity index (χ0) is 11.0. The van der Waals surface area contributed by atoms with Crippen molar-refractivity contribution in [2.24, 2.45) is 0 Å². The summed E-state index contributed by atoms with van der Waals surface area (Å²) in [4.78, 5) is 29.3. The molecule has 0 fully saturated rings. The molecule has 0 spiro atoms. The van der Waals surface area contributed by atoms with Crippen LogP contribution in [0.3, 0.4) is 0 Å². The number of rotatable bonds is 2. The Morgan fingerprint density at radius 3 is 1.93 bits per heavy atom. The molecule has 0 saturated heterocycles. The van der Waals surface area contributed by atoms with E-state index in [4.69, 9.17) is 15.0 Å². The van der Waals surface area contributed by atoms with Gasteiger partial charge in [-0.15, -0.1) is 0 Å². The molecule has 0 aliphatic heterocycles. The van der Waals surface area contributed by atoms with Crippen molar-refractivity contribution in [3.05, 3.63) is 35.9 Å². The summed E-state index contributed by atoms with van der Waals surface area (Å²) in [5, 5.41) is 15.2. The third-order valence-electron chi connectivity index (χ3n) is 1.23. The summed E-state index contributed by atoms with van der Waals surface area (Å²) >= 11 is 0. The molecule has 74 valence electrons. The molecular weight excluding hydrogens is 188 g/mol. The number of Topliss-reactive ketones (excluding diaryl/α,β-unsaturated/α-hetero) is 1. The molecule has 0 atom stereocenters. The van der Waals surface area contributed by atoms with Crippen LogP contribution in [-0.2, 0) is 9.59 Å². The van der Waals surface area contributed by atoms with E-state index in [9.17, 15) is 9.59 Å². The van der Waals surface area contributed by atoms with Crippen LogP contribution >= 0.6 is 0 Å². The summed E-state index contributed by atoms with van der Waals surface area (Å²) in [5.41, 5.74) is 0.208. The number of carbonyl (C=O) groups is 3. The molecular formula is C9H8O5. The van der Waals surface area contributed by atoms with Gasteiger partial charge in [0.15, 0.2) is 0 Å². The quantitative estimate of drug-likeness (QED) is 0.411. The highest BCUT2D eigenvalue weighted by molar-refractivity contribution is 6.39. The van der Waals surface area contributed by atoms with Gasteiger partial charge in [-0.2, -0.15) is 0 Å². The second-order valence-electron chi connectivity index (χ2n) is 2.11. The highest BCUT2D eigenvalue weighted by Gasteiger charge is 2.12. The maximum absolute atomic E-state index is 10.7. The van der Waals surface area contributed by atoms with Crippen LogP contribution in [0.25, 0.3) is 0 Å². The van der Waals surface area contributed by atoms with E-state index in [1.807, 2.05) is 0 Å². The molecule has 1 aromatic rings. The first-order chi connectivity index (χ1) is 6.63. The molecule has 0 aliphatic rings. The van der Waals surface area contributed by atoms with Gasteiger partial charge in [-0.25, -0.2) is 4.79 Å². The fraction of sp³-hybridized carbons (Fsp3) is 0. The van der Waals surface area contributed by atoms with Gasteiger partial charge < -0.3 is 10.2 Å². The van der Waals surface area contributed by atoms with Gasteiger partial charge in [-0.05, 0) is 0 Å². The molecule has 14 heavy (non-hydrogen) atoms. The lowest BCUT2D eigenvalue weighted by atomic mass is 10.1. The van der Waals surface area contributed by atoms with E-state index >= 15 is 0 Å². The van der Waals surface area contributed by atoms with E-state index in [1.54, 1.807) is 18.2 Å². The average Bonchev–Trinajstić information content (AvgIpc) is 2.19. The molecule has 2 N–H and O–H groups in total. The number of ketones is 1. The van der Waals surface area contributed by atoms with Gasteiger partial charge in [0.2, 0.25) is 0 Å². The third kappa shape index (κ3) is 4.01. The fourth-order valence-electron chi connectivity index (χ4n) is 0.713. The zero-order valence-corrected chi connectivity index (χ0v) is 7.08. The zero-order valence-electron chi connectivity index (χ0n) is 7.08. The van der Waals surface area contributed by atoms with Crippen LogP contribution in [0.4, 0.5) is 0 Å². The number of benzene rings is 1. The predicted octanol–water partition coefficient (Wildman–Crippen LogP) is 0.655. The molecule has 0 radical (unpaired) electrons. The van der Waals surface area contributed by atoms with Crippen LogP contribution in [0.15, 0.2) is 30.3 Å². The van der Waals surface area contributed by atoms with Crippen LogP contribution in [-0.4, -0.2) is 28.4 Å². The van der Waals surface area contributed by atoms with Crippen LogP contribution in [0.1, 0.15) is 10.4 Å². The van der Waals surface area contributed by atoms with Crippen molar-refractivity contribution in [3.8, 4) is 0 Å². The first-order valence-electron chi connectivity index (χ1n) is 3.54. The lowest BCUT2D eigenvalue weighted by Crippen LogP contribution is -2.12. The number of carbonyl (C=O) groups excluding carboxylic acids is 1. The summed E-state index contributed by atoms with van der Waals surface area (Å²) in [6.45, 7) is -0.250. The monoisotopic (exact) mass is 196 g/mol. The van der Waals surface area contributed by atoms with Gasteiger partial charge in [-0.3, -0.25) is 9.59 Å². The topological polar surface area (TPSA) is 91.7 Å². The van der Waals surface area contributed by atoms with Crippen molar-refractivity contribution < 1.29 is 24.6 Å². The summed E-state index contributed by atoms with van der Waals surface area (Å²) in [6, 6.07) is 7.90. The SMILES string of the molecule is O=C(O)C(=O)c1ccccc1.O=CO. The second kappa shape index (κ2) is 6.36. The highest BCUT2D eigenvalue weighted by atomic mass is 16.4. The van der Waals surface area contributed by atoms with E-state index in [1.165, 1.54) is 12.1 Å². The minimum Gasteiger partial charge on any atom is -0.483 e. The fourth-order valence-corrected chi connectivity index (χ4v) is 0.713. The van der Waals surface area contributed by atoms with E-state index in [0.717, 1.165) is 0 Å². The largest absolute Gasteiger partial charge is 0.483 e. The molecule has 0 aliphatic carbocycles. The van der Waals surface area contributed by atoms with Gasteiger partial charge in [0.1, 0.15) is 0 Å². The minimum absolute atomic E-state index is 0.208. The normalized spacial score (nSPS) is 8.00. The maximum atomic E-state index is 10.7. The van der Waals surface area contributed by atoms with E-state index < -0.39 is 11.8 Å². The van der Waals surface area contributed by atoms with Crippen molar-refractivity contribution in [3.63, 3.8) is 0 Å². The Labute approximate surface area is 79.6 Å². The van der Waals surface area contributed by atoms with Gasteiger partial charge in [0, 0.05) is 5.56 Å². The molecule has 5 nitrogen and oxygen atoms in total. The molecule has 0 amide bonds. The van der Waals surface area contributed by atoms with Crippen molar-refractivity contribution in [2.75, 3.05) is 0 Å². The van der Waals surface area contributed by atoms with Crippen LogP contribution in [0, 0.1) is 0 Å². The summed E-state index contributed by atoms with van der Waals surface area (Å²) in [7, 11) is 0. The number of hydrogen-bond donors (Lipinski definition) is 2. The Morgan fingerprint density at radius 1 is 1.14 bits per heavy atom. The molecule has 0 saturated carbocycles. The smallest absolute Gasteiger partial charge is 0.377 e. The second-order valence-corrected chi connectivity index (χ2v) is 2.11. The van der Waals surface area contributed by atoms with Gasteiger partial charge in [0.05, 0.1) is 0 Å². The van der Waals surface area contributed by atoms with Gasteiger partial charge in [-0.1, -0.05) is 30.3 Å². The summed E-state index contributed by atoms with van der Waals surface area (Å²) < 4.78 is 0. The molecule has 1 aromatic carbocycles. The molecule has 1 rings (SSSR count). The van der Waals surface area contributed by atoms with E-state index in [-0.39, 0.29) is 12.0 Å². The molecule has 0 heterocycles. The number of aliphatic carboxylic acids is 1. The minimum atomic E-state index is -1.42. The molecule has 0 bridgehead atoms. The van der Waals surface area contributed by atoms with E-state index in [2.05, 4.69) is 0 Å². The Hall–Kier alpha value is -2.17. The summed E-state index contributed by atoms with van der Waals surface area (Å²) in [6.07, 6.45) is 0. The van der Waals surface area contributed by atoms with Crippen LogP contribution < -0.4 is 0 Å². The molecule has 5 heteroatoms. The Kier molecular flexibility index (Phi) is 5.37. The number of carboxylic acid groups (broad SMARTS) is 2. The number of hydrogen-bond acceptors (Lipinski definition) is 3. The number of carboxylic acids is 1. The predicted molar refractivity (Wildman–Crippen MR) is 47.1 cm³/mol. The lowest BCUT2D eigenvalue weighted by molar-refractivity contribution is -0.131. The van der Waals surface area contributed by atoms with Crippen LogP contribution in [0.2, 0.25) is 0 Å². The van der Waals surface area contributed by atoms with Crippen LogP contribution in [0.5, 0.6) is 0 Å². The first kappa shape index (κ1) is 11.8. The van der Waals surface area contributed by atoms with Crippen molar-refractivity contribution in [1.29, 1.82) is 0 Å². The highest BCUT2D eigenvalue weighted by Crippen LogP contribution is 1.98. The first-order valence-corrected chi connectivity index (χ1v) is 3.54. The molecule has 0 aromatic heterocycles. The van der Waals surface area contributed by atoms with Gasteiger partial charge >= 0.3 is 5.97 Å².